The van der Waals surface area contributed by atoms with Crippen molar-refractivity contribution >= 4 is 56.1 Å². The zero-order valence-electron chi connectivity index (χ0n) is 17.6. The molecule has 0 bridgehead atoms. The van der Waals surface area contributed by atoms with Crippen molar-refractivity contribution in [2.45, 2.75) is 12.8 Å². The number of hydrogen-bond donors (Lipinski definition) is 0. The summed E-state index contributed by atoms with van der Waals surface area (Å²) in [4.78, 5) is 24.9. The molecule has 1 aromatic heterocycles. The van der Waals surface area contributed by atoms with E-state index in [1.165, 1.54) is 24.5 Å². The monoisotopic (exact) mass is 562 g/mol. The minimum absolute atomic E-state index is 0.00350. The summed E-state index contributed by atoms with van der Waals surface area (Å²) in [7, 11) is 0. The highest BCUT2D eigenvalue weighted by Crippen LogP contribution is 2.29. The van der Waals surface area contributed by atoms with Gasteiger partial charge in [0.2, 0.25) is 11.2 Å². The molecule has 4 aromatic rings. The predicted molar refractivity (Wildman–Crippen MR) is 134 cm³/mol. The largest absolute Gasteiger partial charge is 0.492 e. The third-order valence-corrected chi connectivity index (χ3v) is 5.78. The van der Waals surface area contributed by atoms with Crippen molar-refractivity contribution in [1.82, 2.24) is 0 Å². The molecule has 174 valence electrons. The van der Waals surface area contributed by atoms with E-state index in [1.54, 1.807) is 36.4 Å². The molecule has 0 radical (unpaired) electrons. The van der Waals surface area contributed by atoms with Crippen molar-refractivity contribution in [3.05, 3.63) is 91.7 Å². The van der Waals surface area contributed by atoms with Gasteiger partial charge in [0, 0.05) is 17.0 Å². The van der Waals surface area contributed by atoms with Crippen LogP contribution in [0.2, 0.25) is 10.0 Å². The minimum Gasteiger partial charge on any atom is -0.492 e. The van der Waals surface area contributed by atoms with Crippen LogP contribution < -0.4 is 19.6 Å². The van der Waals surface area contributed by atoms with Gasteiger partial charge in [-0.2, -0.15) is 0 Å². The van der Waals surface area contributed by atoms with Crippen LogP contribution in [0.25, 0.3) is 11.0 Å². The van der Waals surface area contributed by atoms with Crippen LogP contribution in [0.15, 0.2) is 80.6 Å². The molecule has 0 aliphatic rings. The van der Waals surface area contributed by atoms with Crippen LogP contribution in [0.4, 0.5) is 0 Å². The number of para-hydroxylation sites is 1. The van der Waals surface area contributed by atoms with E-state index in [9.17, 15) is 9.59 Å². The molecule has 0 N–H and O–H groups in total. The molecule has 0 fully saturated rings. The van der Waals surface area contributed by atoms with Crippen LogP contribution in [-0.2, 0) is 4.79 Å². The smallest absolute Gasteiger partial charge is 0.311 e. The van der Waals surface area contributed by atoms with Crippen molar-refractivity contribution in [3.63, 3.8) is 0 Å². The fourth-order valence-electron chi connectivity index (χ4n) is 3.04. The minimum atomic E-state index is -0.439. The van der Waals surface area contributed by atoms with Gasteiger partial charge in [-0.3, -0.25) is 9.59 Å². The number of carbonyl (C=O) groups is 1. The Morgan fingerprint density at radius 1 is 0.941 bits per heavy atom. The molecule has 0 spiro atoms. The molecule has 0 unspecified atom stereocenters. The van der Waals surface area contributed by atoms with E-state index in [-0.39, 0.29) is 34.3 Å². The molecule has 3 aromatic carbocycles. The normalized spacial score (nSPS) is 10.8. The lowest BCUT2D eigenvalue weighted by molar-refractivity contribution is -0.134. The second kappa shape index (κ2) is 11.0. The molecule has 0 saturated heterocycles. The van der Waals surface area contributed by atoms with Crippen molar-refractivity contribution < 1.29 is 23.4 Å². The molecule has 0 aliphatic carbocycles. The molecule has 1 heterocycles. The van der Waals surface area contributed by atoms with Crippen molar-refractivity contribution in [3.8, 4) is 23.0 Å². The molecule has 4 rings (SSSR count). The Morgan fingerprint density at radius 2 is 1.76 bits per heavy atom. The molecule has 34 heavy (non-hydrogen) atoms. The highest BCUT2D eigenvalue weighted by atomic mass is 79.9. The third-order valence-electron chi connectivity index (χ3n) is 4.68. The van der Waals surface area contributed by atoms with Gasteiger partial charge in [0.15, 0.2) is 0 Å². The van der Waals surface area contributed by atoms with Crippen molar-refractivity contribution in [1.29, 1.82) is 0 Å². The summed E-state index contributed by atoms with van der Waals surface area (Å²) in [5, 5.41) is 1.13. The summed E-state index contributed by atoms with van der Waals surface area (Å²) in [6.45, 7) is 0.303. The van der Waals surface area contributed by atoms with E-state index in [1.807, 2.05) is 6.07 Å². The number of benzene rings is 3. The molecule has 0 aliphatic heterocycles. The Hall–Kier alpha value is -3.00. The number of fused-ring (bicyclic) bond motifs is 1. The van der Waals surface area contributed by atoms with E-state index >= 15 is 0 Å². The molecule has 0 amide bonds. The van der Waals surface area contributed by atoms with Crippen LogP contribution in [0.1, 0.15) is 12.8 Å². The summed E-state index contributed by atoms with van der Waals surface area (Å²) in [5.74, 6) is 0.702. The lowest BCUT2D eigenvalue weighted by Crippen LogP contribution is -2.10. The Kier molecular flexibility index (Phi) is 7.77. The summed E-state index contributed by atoms with van der Waals surface area (Å²) < 4.78 is 22.9. The first kappa shape index (κ1) is 24.1. The van der Waals surface area contributed by atoms with Gasteiger partial charge in [0.1, 0.15) is 29.1 Å². The van der Waals surface area contributed by atoms with E-state index < -0.39 is 5.97 Å². The first-order chi connectivity index (χ1) is 16.4. The zero-order chi connectivity index (χ0) is 24.1. The van der Waals surface area contributed by atoms with Gasteiger partial charge >= 0.3 is 5.97 Å². The number of hydrogen-bond acceptors (Lipinski definition) is 6. The fraction of sp³-hybridized carbons (Fsp3) is 0.120. The SMILES string of the molecule is O=C(CCCOc1ccc(Br)cc1Cl)Oc1ccc2c(=O)c(Oc3ccccc3Cl)coc2c1. The predicted octanol–water partition coefficient (Wildman–Crippen LogP) is 7.42. The Labute approximate surface area is 213 Å². The average molecular weight is 564 g/mol. The third kappa shape index (κ3) is 5.91. The Bertz CT molecular complexity index is 1400. The summed E-state index contributed by atoms with van der Waals surface area (Å²) in [6, 6.07) is 16.6. The number of esters is 1. The van der Waals surface area contributed by atoms with E-state index in [0.29, 0.717) is 34.6 Å². The maximum absolute atomic E-state index is 12.7. The number of halogens is 3. The van der Waals surface area contributed by atoms with E-state index in [0.717, 1.165) is 4.47 Å². The second-order valence-corrected chi connectivity index (χ2v) is 8.85. The summed E-state index contributed by atoms with van der Waals surface area (Å²) >= 11 is 15.5. The maximum atomic E-state index is 12.7. The molecule has 6 nitrogen and oxygen atoms in total. The van der Waals surface area contributed by atoms with E-state index in [4.69, 9.17) is 41.8 Å². The average Bonchev–Trinajstić information content (AvgIpc) is 2.81. The highest BCUT2D eigenvalue weighted by Gasteiger charge is 2.13. The lowest BCUT2D eigenvalue weighted by atomic mass is 10.2. The van der Waals surface area contributed by atoms with Gasteiger partial charge in [0.25, 0.3) is 0 Å². The topological polar surface area (TPSA) is 75.0 Å². The van der Waals surface area contributed by atoms with Crippen LogP contribution >= 0.6 is 39.1 Å². The molecular weight excluding hydrogens is 547 g/mol. The quantitative estimate of drug-likeness (QED) is 0.126. The maximum Gasteiger partial charge on any atom is 0.311 e. The van der Waals surface area contributed by atoms with Crippen LogP contribution in [0, 0.1) is 0 Å². The fourth-order valence-corrected chi connectivity index (χ4v) is 3.95. The Morgan fingerprint density at radius 3 is 2.56 bits per heavy atom. The molecule has 0 saturated carbocycles. The second-order valence-electron chi connectivity index (χ2n) is 7.12. The molecular formula is C25H17BrCl2O6. The summed E-state index contributed by atoms with van der Waals surface area (Å²) in [6.07, 6.45) is 1.78. The van der Waals surface area contributed by atoms with Gasteiger partial charge in [-0.1, -0.05) is 51.3 Å². The van der Waals surface area contributed by atoms with Gasteiger partial charge in [-0.05, 0) is 48.9 Å². The van der Waals surface area contributed by atoms with Gasteiger partial charge < -0.3 is 18.6 Å². The number of ether oxygens (including phenoxy) is 3. The van der Waals surface area contributed by atoms with Gasteiger partial charge in [-0.15, -0.1) is 0 Å². The van der Waals surface area contributed by atoms with Crippen molar-refractivity contribution in [2.24, 2.45) is 0 Å². The van der Waals surface area contributed by atoms with Crippen LogP contribution in [0.5, 0.6) is 23.0 Å². The van der Waals surface area contributed by atoms with Crippen LogP contribution in [0.3, 0.4) is 0 Å². The molecule has 9 heteroatoms. The highest BCUT2D eigenvalue weighted by molar-refractivity contribution is 9.10. The van der Waals surface area contributed by atoms with E-state index in [2.05, 4.69) is 15.9 Å². The van der Waals surface area contributed by atoms with Crippen molar-refractivity contribution in [2.75, 3.05) is 6.61 Å². The van der Waals surface area contributed by atoms with Crippen LogP contribution in [-0.4, -0.2) is 12.6 Å². The number of carbonyl (C=O) groups excluding carboxylic acids is 1. The first-order valence-corrected chi connectivity index (χ1v) is 11.7. The molecule has 0 atom stereocenters. The summed E-state index contributed by atoms with van der Waals surface area (Å²) in [5.41, 5.74) is -0.113. The zero-order valence-corrected chi connectivity index (χ0v) is 20.7. The van der Waals surface area contributed by atoms with Gasteiger partial charge in [0.05, 0.1) is 22.0 Å². The number of rotatable bonds is 8. The standard InChI is InChI=1S/C25H17BrCl2O6/c26-15-7-10-20(19(28)12-15)31-11-3-6-24(29)33-16-8-9-17-22(13-16)32-14-23(25(17)30)34-21-5-2-1-4-18(21)27/h1-2,4-5,7-10,12-14H,3,6,11H2. The first-order valence-electron chi connectivity index (χ1n) is 10.2. The van der Waals surface area contributed by atoms with Gasteiger partial charge in [-0.25, -0.2) is 0 Å². The Balaban J connectivity index is 1.35. The lowest BCUT2D eigenvalue weighted by Gasteiger charge is -2.09.